The summed E-state index contributed by atoms with van der Waals surface area (Å²) in [5.41, 5.74) is -0.183. The lowest BCUT2D eigenvalue weighted by Crippen LogP contribution is -2.59. The van der Waals surface area contributed by atoms with Crippen molar-refractivity contribution in [2.24, 2.45) is 5.92 Å². The van der Waals surface area contributed by atoms with E-state index < -0.39 is 0 Å². The molecule has 4 heteroatoms. The fourth-order valence-electron chi connectivity index (χ4n) is 3.43. The van der Waals surface area contributed by atoms with Gasteiger partial charge in [0, 0.05) is 6.54 Å². The first-order valence-electron chi connectivity index (χ1n) is 6.34. The zero-order valence-corrected chi connectivity index (χ0v) is 10.1. The van der Waals surface area contributed by atoms with Gasteiger partial charge in [0.15, 0.2) is 0 Å². The van der Waals surface area contributed by atoms with Crippen molar-refractivity contribution < 1.29 is 9.63 Å². The fourth-order valence-corrected chi connectivity index (χ4v) is 3.43. The first-order chi connectivity index (χ1) is 7.61. The molecule has 0 aromatic carbocycles. The minimum Gasteiger partial charge on any atom is -0.300 e. The summed E-state index contributed by atoms with van der Waals surface area (Å²) < 4.78 is 0. The van der Waals surface area contributed by atoms with Crippen LogP contribution in [0.1, 0.15) is 33.1 Å². The molecule has 4 aliphatic rings. The summed E-state index contributed by atoms with van der Waals surface area (Å²) in [4.78, 5) is 20.4. The second kappa shape index (κ2) is 3.44. The summed E-state index contributed by atoms with van der Waals surface area (Å²) >= 11 is 0. The predicted molar refractivity (Wildman–Crippen MR) is 59.6 cm³/mol. The molecule has 4 fully saturated rings. The molecule has 4 saturated heterocycles. The van der Waals surface area contributed by atoms with E-state index in [1.54, 1.807) is 5.06 Å². The van der Waals surface area contributed by atoms with Gasteiger partial charge in [-0.3, -0.25) is 9.63 Å². The highest BCUT2D eigenvalue weighted by Gasteiger charge is 2.55. The van der Waals surface area contributed by atoms with Crippen molar-refractivity contribution in [1.29, 1.82) is 0 Å². The van der Waals surface area contributed by atoms with E-state index in [0.29, 0.717) is 12.3 Å². The fraction of sp³-hybridized carbons (Fsp3) is 0.917. The summed E-state index contributed by atoms with van der Waals surface area (Å²) in [6, 6.07) is 0.155. The van der Waals surface area contributed by atoms with Gasteiger partial charge in [0.25, 0.3) is 0 Å². The van der Waals surface area contributed by atoms with Gasteiger partial charge in [-0.15, -0.1) is 0 Å². The SMILES string of the molecule is CC(C)N1OC2(CC1=O)CN1CCC2CC1. The predicted octanol–water partition coefficient (Wildman–Crippen LogP) is 1.02. The highest BCUT2D eigenvalue weighted by Crippen LogP contribution is 2.44. The lowest BCUT2D eigenvalue weighted by molar-refractivity contribution is -0.248. The Bertz CT molecular complexity index is 310. The normalized spacial score (nSPS) is 42.7. The number of fused-ring (bicyclic) bond motifs is 2. The van der Waals surface area contributed by atoms with E-state index in [1.807, 2.05) is 13.8 Å². The van der Waals surface area contributed by atoms with Gasteiger partial charge in [-0.2, -0.15) is 0 Å². The Balaban J connectivity index is 1.83. The molecular formula is C12H20N2O2. The second-order valence-corrected chi connectivity index (χ2v) is 5.70. The van der Waals surface area contributed by atoms with E-state index in [2.05, 4.69) is 4.90 Å². The molecule has 4 heterocycles. The topological polar surface area (TPSA) is 32.8 Å². The van der Waals surface area contributed by atoms with Crippen LogP contribution >= 0.6 is 0 Å². The van der Waals surface area contributed by atoms with Crippen LogP contribution in [0.5, 0.6) is 0 Å². The lowest BCUT2D eigenvalue weighted by Gasteiger charge is -2.50. The van der Waals surface area contributed by atoms with Crippen molar-refractivity contribution in [3.8, 4) is 0 Å². The largest absolute Gasteiger partial charge is 0.300 e. The number of carbonyl (C=O) groups excluding carboxylic acids is 1. The molecule has 1 unspecified atom stereocenters. The summed E-state index contributed by atoms with van der Waals surface area (Å²) in [5, 5.41) is 1.60. The van der Waals surface area contributed by atoms with Gasteiger partial charge in [-0.1, -0.05) is 0 Å². The maximum Gasteiger partial charge on any atom is 0.249 e. The zero-order valence-electron chi connectivity index (χ0n) is 10.1. The van der Waals surface area contributed by atoms with Crippen LogP contribution in [0.15, 0.2) is 0 Å². The van der Waals surface area contributed by atoms with E-state index in [9.17, 15) is 4.79 Å². The molecule has 2 bridgehead atoms. The average molecular weight is 224 g/mol. The number of rotatable bonds is 1. The van der Waals surface area contributed by atoms with Crippen molar-refractivity contribution in [3.05, 3.63) is 0 Å². The number of hydrogen-bond acceptors (Lipinski definition) is 3. The monoisotopic (exact) mass is 224 g/mol. The minimum absolute atomic E-state index is 0.155. The third kappa shape index (κ3) is 1.39. The smallest absolute Gasteiger partial charge is 0.249 e. The number of hydroxylamine groups is 2. The molecule has 1 amide bonds. The molecule has 0 N–H and O–H groups in total. The van der Waals surface area contributed by atoms with Crippen LogP contribution in [-0.2, 0) is 9.63 Å². The molecule has 0 aromatic rings. The van der Waals surface area contributed by atoms with Gasteiger partial charge >= 0.3 is 0 Å². The van der Waals surface area contributed by atoms with Crippen molar-refractivity contribution >= 4 is 5.91 Å². The van der Waals surface area contributed by atoms with E-state index in [4.69, 9.17) is 4.84 Å². The molecular weight excluding hydrogens is 204 g/mol. The standard InChI is InChI=1S/C12H20N2O2/c1-9(2)14-11(15)7-12(16-14)8-13-5-3-10(12)4-6-13/h9-10H,3-8H2,1-2H3. The Kier molecular flexibility index (Phi) is 2.27. The van der Waals surface area contributed by atoms with Crippen LogP contribution in [0.4, 0.5) is 0 Å². The summed E-state index contributed by atoms with van der Waals surface area (Å²) in [7, 11) is 0. The van der Waals surface area contributed by atoms with Crippen molar-refractivity contribution in [3.63, 3.8) is 0 Å². The maximum atomic E-state index is 11.9. The van der Waals surface area contributed by atoms with Gasteiger partial charge in [0.1, 0.15) is 5.60 Å². The number of amides is 1. The second-order valence-electron chi connectivity index (χ2n) is 5.70. The molecule has 4 aliphatic heterocycles. The Morgan fingerprint density at radius 2 is 2.06 bits per heavy atom. The van der Waals surface area contributed by atoms with E-state index in [0.717, 1.165) is 6.54 Å². The third-order valence-electron chi connectivity index (χ3n) is 4.27. The van der Waals surface area contributed by atoms with E-state index in [1.165, 1.54) is 25.9 Å². The first-order valence-corrected chi connectivity index (χ1v) is 6.34. The highest BCUT2D eigenvalue weighted by atomic mass is 16.7. The zero-order chi connectivity index (χ0) is 11.3. The molecule has 0 aromatic heterocycles. The first kappa shape index (κ1) is 10.5. The third-order valence-corrected chi connectivity index (χ3v) is 4.27. The Morgan fingerprint density at radius 1 is 1.38 bits per heavy atom. The number of carbonyl (C=O) groups is 1. The van der Waals surface area contributed by atoms with Crippen molar-refractivity contribution in [2.45, 2.75) is 44.8 Å². The van der Waals surface area contributed by atoms with E-state index >= 15 is 0 Å². The van der Waals surface area contributed by atoms with Crippen LogP contribution in [-0.4, -0.2) is 47.1 Å². The maximum absolute atomic E-state index is 11.9. The Labute approximate surface area is 96.5 Å². The molecule has 4 nitrogen and oxygen atoms in total. The van der Waals surface area contributed by atoms with Gasteiger partial charge < -0.3 is 4.90 Å². The van der Waals surface area contributed by atoms with Gasteiger partial charge in [0.05, 0.1) is 12.5 Å². The van der Waals surface area contributed by atoms with Crippen LogP contribution in [0.25, 0.3) is 0 Å². The quantitative estimate of drug-likeness (QED) is 0.666. The molecule has 0 saturated carbocycles. The summed E-state index contributed by atoms with van der Waals surface area (Å²) in [6.07, 6.45) is 2.98. The van der Waals surface area contributed by atoms with Gasteiger partial charge in [0.2, 0.25) is 5.91 Å². The lowest BCUT2D eigenvalue weighted by atomic mass is 9.74. The summed E-state index contributed by atoms with van der Waals surface area (Å²) in [5.74, 6) is 0.758. The number of piperidine rings is 3. The molecule has 16 heavy (non-hydrogen) atoms. The highest BCUT2D eigenvalue weighted by molar-refractivity contribution is 5.78. The van der Waals surface area contributed by atoms with Crippen LogP contribution < -0.4 is 0 Å². The van der Waals surface area contributed by atoms with Crippen LogP contribution in [0, 0.1) is 5.92 Å². The minimum atomic E-state index is -0.183. The molecule has 90 valence electrons. The van der Waals surface area contributed by atoms with E-state index in [-0.39, 0.29) is 17.6 Å². The summed E-state index contributed by atoms with van der Waals surface area (Å²) in [6.45, 7) is 7.35. The molecule has 1 atom stereocenters. The average Bonchev–Trinajstić information content (AvgIpc) is 2.57. The molecule has 4 rings (SSSR count). The molecule has 0 aliphatic carbocycles. The van der Waals surface area contributed by atoms with Gasteiger partial charge in [-0.25, -0.2) is 5.06 Å². The van der Waals surface area contributed by atoms with Crippen LogP contribution in [0.2, 0.25) is 0 Å². The van der Waals surface area contributed by atoms with Crippen molar-refractivity contribution in [2.75, 3.05) is 19.6 Å². The van der Waals surface area contributed by atoms with Gasteiger partial charge in [-0.05, 0) is 45.7 Å². The molecule has 1 spiro atoms. The Hall–Kier alpha value is -0.610. The Morgan fingerprint density at radius 3 is 2.50 bits per heavy atom. The number of nitrogens with zero attached hydrogens (tertiary/aromatic N) is 2. The van der Waals surface area contributed by atoms with Crippen molar-refractivity contribution in [1.82, 2.24) is 9.96 Å². The molecule has 0 radical (unpaired) electrons. The number of hydrogen-bond donors (Lipinski definition) is 0. The van der Waals surface area contributed by atoms with Crippen LogP contribution in [0.3, 0.4) is 0 Å².